The quantitative estimate of drug-likeness (QED) is 0.504. The summed E-state index contributed by atoms with van der Waals surface area (Å²) in [7, 11) is 0. The molecule has 0 aliphatic carbocycles. The Morgan fingerprint density at radius 3 is 2.76 bits per heavy atom. The van der Waals surface area contributed by atoms with E-state index in [1.54, 1.807) is 41.2 Å². The number of rotatable bonds is 5. The fourth-order valence-corrected chi connectivity index (χ4v) is 3.14. The number of carbonyl (C=O) groups is 1. The Hall–Kier alpha value is -3.06. The number of pyridine rings is 1. The number of aromatic nitrogens is 4. The first-order valence-electron chi connectivity index (χ1n) is 7.80. The molecule has 0 saturated heterocycles. The van der Waals surface area contributed by atoms with Crippen molar-refractivity contribution in [1.82, 2.24) is 19.6 Å². The lowest BCUT2D eigenvalue weighted by Gasteiger charge is -2.02. The number of ether oxygens (including phenoxy) is 1. The van der Waals surface area contributed by atoms with Crippen LogP contribution in [0.15, 0.2) is 55.0 Å². The molecule has 0 aliphatic heterocycles. The van der Waals surface area contributed by atoms with Crippen LogP contribution >= 0.6 is 11.3 Å². The number of fused-ring (bicyclic) bond motifs is 1. The molecule has 0 aliphatic rings. The molecule has 0 amide bonds. The van der Waals surface area contributed by atoms with Gasteiger partial charge in [-0.25, -0.2) is 9.50 Å². The summed E-state index contributed by atoms with van der Waals surface area (Å²) in [5, 5.41) is 4.89. The molecule has 0 atom stereocenters. The second-order valence-corrected chi connectivity index (χ2v) is 6.28. The third-order valence-corrected chi connectivity index (χ3v) is 4.49. The summed E-state index contributed by atoms with van der Waals surface area (Å²) in [5.41, 5.74) is 2.45. The van der Waals surface area contributed by atoms with Gasteiger partial charge in [-0.2, -0.15) is 0 Å². The molecule has 0 saturated carbocycles. The van der Waals surface area contributed by atoms with Crippen LogP contribution in [0.2, 0.25) is 0 Å². The molecule has 0 N–H and O–H groups in total. The second-order valence-electron chi connectivity index (χ2n) is 5.37. The van der Waals surface area contributed by atoms with Crippen LogP contribution < -0.4 is 4.74 Å². The monoisotopic (exact) mass is 350 g/mol. The minimum atomic E-state index is 0.113. The molecule has 124 valence electrons. The summed E-state index contributed by atoms with van der Waals surface area (Å²) in [6.45, 7) is 1.85. The lowest BCUT2D eigenvalue weighted by Crippen LogP contribution is -1.95. The van der Waals surface area contributed by atoms with Gasteiger partial charge in [0, 0.05) is 29.9 Å². The number of Topliss-reactive ketones (excluding diaryl/α,β-unsaturated/α-hetero) is 1. The van der Waals surface area contributed by atoms with Crippen molar-refractivity contribution in [2.75, 3.05) is 0 Å². The van der Waals surface area contributed by atoms with Gasteiger partial charge in [0.1, 0.15) is 5.75 Å². The van der Waals surface area contributed by atoms with Gasteiger partial charge in [0.15, 0.2) is 5.78 Å². The van der Waals surface area contributed by atoms with Crippen molar-refractivity contribution >= 4 is 22.1 Å². The topological polar surface area (TPSA) is 69.4 Å². The molecule has 1 aromatic carbocycles. The highest BCUT2D eigenvalue weighted by Crippen LogP contribution is 2.29. The van der Waals surface area contributed by atoms with Gasteiger partial charge in [0.25, 0.3) is 5.19 Å². The summed E-state index contributed by atoms with van der Waals surface area (Å²) in [5.74, 6) is 0.749. The van der Waals surface area contributed by atoms with E-state index in [-0.39, 0.29) is 5.78 Å². The van der Waals surface area contributed by atoms with E-state index in [4.69, 9.17) is 4.74 Å². The van der Waals surface area contributed by atoms with Crippen LogP contribution in [-0.4, -0.2) is 25.4 Å². The highest BCUT2D eigenvalue weighted by Gasteiger charge is 2.11. The third kappa shape index (κ3) is 3.14. The van der Waals surface area contributed by atoms with Crippen LogP contribution in [0.1, 0.15) is 23.7 Å². The summed E-state index contributed by atoms with van der Waals surface area (Å²) in [4.78, 5) is 21.0. The first kappa shape index (κ1) is 15.5. The van der Waals surface area contributed by atoms with Gasteiger partial charge in [-0.15, -0.1) is 5.10 Å². The van der Waals surface area contributed by atoms with Crippen LogP contribution in [0.5, 0.6) is 10.9 Å². The van der Waals surface area contributed by atoms with Crippen LogP contribution in [0.25, 0.3) is 16.2 Å². The van der Waals surface area contributed by atoms with Crippen molar-refractivity contribution in [1.29, 1.82) is 0 Å². The van der Waals surface area contributed by atoms with E-state index in [1.807, 2.05) is 25.3 Å². The molecular formula is C18H14N4O2S. The number of carbonyl (C=O) groups excluding carboxylic acids is 1. The fourth-order valence-electron chi connectivity index (χ4n) is 2.39. The van der Waals surface area contributed by atoms with Gasteiger partial charge in [-0.05, 0) is 47.7 Å². The summed E-state index contributed by atoms with van der Waals surface area (Å²) in [6.07, 6.45) is 5.83. The van der Waals surface area contributed by atoms with Crippen molar-refractivity contribution < 1.29 is 9.53 Å². The second kappa shape index (κ2) is 6.45. The third-order valence-electron chi connectivity index (χ3n) is 3.68. The van der Waals surface area contributed by atoms with E-state index in [1.165, 1.54) is 11.3 Å². The first-order chi connectivity index (χ1) is 12.2. The van der Waals surface area contributed by atoms with Crippen LogP contribution in [0.4, 0.5) is 0 Å². The first-order valence-corrected chi connectivity index (χ1v) is 8.62. The van der Waals surface area contributed by atoms with E-state index >= 15 is 0 Å². The zero-order chi connectivity index (χ0) is 17.2. The highest BCUT2D eigenvalue weighted by molar-refractivity contribution is 7.18. The predicted molar refractivity (Wildman–Crippen MR) is 95.2 cm³/mol. The molecule has 0 bridgehead atoms. The molecule has 0 spiro atoms. The lowest BCUT2D eigenvalue weighted by atomic mass is 10.1. The Bertz CT molecular complexity index is 991. The lowest BCUT2D eigenvalue weighted by molar-refractivity contribution is 0.0988. The number of benzene rings is 1. The number of ketones is 1. The molecule has 3 heterocycles. The van der Waals surface area contributed by atoms with Crippen LogP contribution in [-0.2, 0) is 0 Å². The molecule has 6 nitrogen and oxygen atoms in total. The molecule has 0 fully saturated rings. The largest absolute Gasteiger partial charge is 0.430 e. The van der Waals surface area contributed by atoms with Gasteiger partial charge in [-0.1, -0.05) is 6.92 Å². The molecule has 4 aromatic rings. The Morgan fingerprint density at radius 1 is 1.24 bits per heavy atom. The van der Waals surface area contributed by atoms with Crippen molar-refractivity contribution in [2.24, 2.45) is 0 Å². The summed E-state index contributed by atoms with van der Waals surface area (Å²) in [6, 6.07) is 10.9. The Labute approximate surface area is 147 Å². The molecule has 25 heavy (non-hydrogen) atoms. The van der Waals surface area contributed by atoms with Gasteiger partial charge >= 0.3 is 0 Å². The maximum atomic E-state index is 11.6. The van der Waals surface area contributed by atoms with Crippen molar-refractivity contribution in [3.05, 3.63) is 60.6 Å². The molecular weight excluding hydrogens is 336 g/mol. The zero-order valence-corrected chi connectivity index (χ0v) is 14.2. The Balaban J connectivity index is 1.54. The smallest absolute Gasteiger partial charge is 0.299 e. The van der Waals surface area contributed by atoms with Gasteiger partial charge in [-0.3, -0.25) is 9.78 Å². The van der Waals surface area contributed by atoms with Gasteiger partial charge in [0.2, 0.25) is 4.96 Å². The van der Waals surface area contributed by atoms with E-state index in [0.29, 0.717) is 22.9 Å². The van der Waals surface area contributed by atoms with E-state index < -0.39 is 0 Å². The number of nitrogens with zero attached hydrogens (tertiary/aromatic N) is 4. The summed E-state index contributed by atoms with van der Waals surface area (Å²) >= 11 is 1.35. The molecule has 4 rings (SSSR count). The Kier molecular flexibility index (Phi) is 3.99. The minimum Gasteiger partial charge on any atom is -0.430 e. The average Bonchev–Trinajstić information content (AvgIpc) is 3.21. The van der Waals surface area contributed by atoms with Gasteiger partial charge < -0.3 is 4.74 Å². The van der Waals surface area contributed by atoms with Gasteiger partial charge in [0.05, 0.1) is 11.9 Å². The zero-order valence-electron chi connectivity index (χ0n) is 13.4. The van der Waals surface area contributed by atoms with E-state index in [9.17, 15) is 4.79 Å². The fraction of sp³-hybridized carbons (Fsp3) is 0.111. The van der Waals surface area contributed by atoms with Crippen molar-refractivity contribution in [3.63, 3.8) is 0 Å². The predicted octanol–water partition coefficient (Wildman–Crippen LogP) is 4.24. The molecule has 7 heteroatoms. The normalized spacial score (nSPS) is 10.9. The van der Waals surface area contributed by atoms with E-state index in [0.717, 1.165) is 16.2 Å². The van der Waals surface area contributed by atoms with E-state index in [2.05, 4.69) is 15.1 Å². The van der Waals surface area contributed by atoms with Crippen LogP contribution in [0, 0.1) is 0 Å². The minimum absolute atomic E-state index is 0.113. The standard InChI is InChI=1S/C18H14N4O2S/c1-2-16(23)12-5-7-14(8-6-12)24-18-21-22-11-15(20-17(22)25-18)13-4-3-9-19-10-13/h3-11H,2H2,1H3. The van der Waals surface area contributed by atoms with Crippen molar-refractivity contribution in [2.45, 2.75) is 13.3 Å². The molecule has 0 radical (unpaired) electrons. The van der Waals surface area contributed by atoms with Crippen molar-refractivity contribution in [3.8, 4) is 22.2 Å². The van der Waals surface area contributed by atoms with Crippen LogP contribution in [0.3, 0.4) is 0 Å². The number of imidazole rings is 1. The summed E-state index contributed by atoms with van der Waals surface area (Å²) < 4.78 is 7.45. The Morgan fingerprint density at radius 2 is 2.08 bits per heavy atom. The number of hydrogen-bond acceptors (Lipinski definition) is 6. The molecule has 0 unspecified atom stereocenters. The molecule has 3 aromatic heterocycles. The maximum Gasteiger partial charge on any atom is 0.299 e. The maximum absolute atomic E-state index is 11.6. The average molecular weight is 350 g/mol. The highest BCUT2D eigenvalue weighted by atomic mass is 32.1. The SMILES string of the molecule is CCC(=O)c1ccc(Oc2nn3cc(-c4cccnc4)nc3s2)cc1. The number of hydrogen-bond donors (Lipinski definition) is 0.